The molecule has 4 rings (SSSR count). The van der Waals surface area contributed by atoms with Crippen LogP contribution in [0.3, 0.4) is 0 Å². The fourth-order valence-corrected chi connectivity index (χ4v) is 4.85. The van der Waals surface area contributed by atoms with Crippen LogP contribution in [0.5, 0.6) is 0 Å². The van der Waals surface area contributed by atoms with E-state index in [2.05, 4.69) is 10.1 Å². The molecule has 0 atom stereocenters. The summed E-state index contributed by atoms with van der Waals surface area (Å²) in [4.78, 5) is 59.9. The van der Waals surface area contributed by atoms with Crippen LogP contribution in [0.1, 0.15) is 112 Å². The molecule has 0 bridgehead atoms. The fraction of sp³-hybridized carbons (Fsp3) is 0.588. The van der Waals surface area contributed by atoms with Crippen LogP contribution in [0.2, 0.25) is 0 Å². The number of ether oxygens (including phenoxy) is 3. The van der Waals surface area contributed by atoms with Crippen molar-refractivity contribution in [2.45, 2.75) is 132 Å². The average molecular weight is 682 g/mol. The Morgan fingerprint density at radius 2 is 1.31 bits per heavy atom. The Labute approximate surface area is 287 Å². The molecule has 3 aromatic rings. The number of hydrogen-bond donors (Lipinski definition) is 0. The molecule has 0 unspecified atom stereocenters. The zero-order valence-corrected chi connectivity index (χ0v) is 31.2. The molecule has 0 aliphatic carbocycles. The van der Waals surface area contributed by atoms with Crippen LogP contribution < -0.4 is 10.5 Å². The van der Waals surface area contributed by atoms with Gasteiger partial charge in [-0.1, -0.05) is 0 Å². The second-order valence-corrected chi connectivity index (χ2v) is 16.2. The van der Waals surface area contributed by atoms with E-state index in [-0.39, 0.29) is 17.0 Å². The van der Waals surface area contributed by atoms with Gasteiger partial charge in [0.05, 0.1) is 34.4 Å². The first-order valence-corrected chi connectivity index (χ1v) is 16.1. The van der Waals surface area contributed by atoms with Crippen molar-refractivity contribution in [2.75, 3.05) is 4.90 Å². The number of imide groups is 1. The summed E-state index contributed by atoms with van der Waals surface area (Å²) < 4.78 is 31.6. The SMILES string of the molecule is Cc1c(C(=O)N(C(=O)OC(C)(C)C)c2cnc3c(c2)cc(B2OC(C)(C)C(C)(C)O2)n3C(=O)OC(C)(C)C)nn(C(=O)OC(C)(C)C)c1C. The van der Waals surface area contributed by atoms with E-state index >= 15 is 0 Å². The molecule has 0 N–H and O–H groups in total. The first kappa shape index (κ1) is 37.6. The van der Waals surface area contributed by atoms with Crippen molar-refractivity contribution in [3.8, 4) is 0 Å². The number of aromatic nitrogens is 4. The summed E-state index contributed by atoms with van der Waals surface area (Å²) >= 11 is 0. The maximum Gasteiger partial charge on any atom is 0.513 e. The van der Waals surface area contributed by atoms with Gasteiger partial charge in [0.1, 0.15) is 22.5 Å². The van der Waals surface area contributed by atoms with E-state index in [1.165, 1.54) is 16.8 Å². The maximum absolute atomic E-state index is 14.2. The third-order valence-corrected chi connectivity index (χ3v) is 7.95. The first-order valence-electron chi connectivity index (χ1n) is 16.1. The molecule has 0 spiro atoms. The van der Waals surface area contributed by atoms with E-state index in [0.29, 0.717) is 22.2 Å². The topological polar surface area (TPSA) is 153 Å². The number of carbonyl (C=O) groups is 4. The largest absolute Gasteiger partial charge is 0.513 e. The minimum absolute atomic E-state index is 0.0254. The van der Waals surface area contributed by atoms with Gasteiger partial charge in [0, 0.05) is 10.9 Å². The standard InChI is InChI=1S/C34H48BN5O9/c1-19-20(2)40(29(44)47-32(9,10)11)37-24(19)26(41)38(27(42)45-30(3,4)5)22-16-21-17-23(35-48-33(12,13)34(14,15)49-35)39(25(21)36-18-22)28(43)46-31(6,7)8/h16-18H,1-15H3. The summed E-state index contributed by atoms with van der Waals surface area (Å²) in [5, 5.41) is 4.64. The molecule has 1 aliphatic rings. The molecule has 3 aromatic heterocycles. The van der Waals surface area contributed by atoms with Gasteiger partial charge in [-0.15, -0.1) is 0 Å². The fourth-order valence-electron chi connectivity index (χ4n) is 4.85. The lowest BCUT2D eigenvalue weighted by molar-refractivity contribution is 0.00578. The monoisotopic (exact) mass is 681 g/mol. The third kappa shape index (κ3) is 7.83. The molecule has 1 fully saturated rings. The van der Waals surface area contributed by atoms with Crippen LogP contribution >= 0.6 is 0 Å². The first-order chi connectivity index (χ1) is 22.1. The van der Waals surface area contributed by atoms with Crippen LogP contribution in [-0.4, -0.2) is 78.6 Å². The number of amides is 2. The van der Waals surface area contributed by atoms with Crippen LogP contribution in [0.15, 0.2) is 18.3 Å². The van der Waals surface area contributed by atoms with Crippen LogP contribution in [0.25, 0.3) is 11.0 Å². The summed E-state index contributed by atoms with van der Waals surface area (Å²) in [7, 11) is -0.971. The van der Waals surface area contributed by atoms with E-state index in [9.17, 15) is 19.2 Å². The number of pyridine rings is 1. The molecule has 0 radical (unpaired) electrons. The number of carbonyl (C=O) groups excluding carboxylic acids is 4. The Bertz CT molecular complexity index is 1800. The lowest BCUT2D eigenvalue weighted by Crippen LogP contribution is -2.43. The molecule has 0 saturated carbocycles. The zero-order chi connectivity index (χ0) is 37.2. The predicted molar refractivity (Wildman–Crippen MR) is 183 cm³/mol. The number of hydrogen-bond acceptors (Lipinski definition) is 11. The molecular formula is C34H48BN5O9. The van der Waals surface area contributed by atoms with E-state index < -0.39 is 59.3 Å². The molecule has 1 saturated heterocycles. The van der Waals surface area contributed by atoms with Crippen molar-refractivity contribution >= 4 is 53.6 Å². The number of fused-ring (bicyclic) bond motifs is 1. The van der Waals surface area contributed by atoms with Crippen LogP contribution in [0.4, 0.5) is 20.1 Å². The number of nitrogens with zero attached hydrogens (tertiary/aromatic N) is 5. The minimum Gasteiger partial charge on any atom is -0.443 e. The second kappa shape index (κ2) is 12.3. The molecule has 1 aliphatic heterocycles. The highest BCUT2D eigenvalue weighted by atomic mass is 16.7. The average Bonchev–Trinajstić information content (AvgIpc) is 3.49. The summed E-state index contributed by atoms with van der Waals surface area (Å²) in [5.41, 5.74) is -2.99. The van der Waals surface area contributed by atoms with E-state index in [1.807, 2.05) is 27.7 Å². The molecule has 49 heavy (non-hydrogen) atoms. The van der Waals surface area contributed by atoms with Gasteiger partial charge in [0.15, 0.2) is 5.69 Å². The molecule has 14 nitrogen and oxygen atoms in total. The van der Waals surface area contributed by atoms with Gasteiger partial charge in [-0.25, -0.2) is 28.8 Å². The Morgan fingerprint density at radius 1 is 0.796 bits per heavy atom. The molecule has 15 heteroatoms. The van der Waals surface area contributed by atoms with Crippen LogP contribution in [0, 0.1) is 13.8 Å². The van der Waals surface area contributed by atoms with Gasteiger partial charge in [-0.3, -0.25) is 4.79 Å². The third-order valence-electron chi connectivity index (χ3n) is 7.95. The van der Waals surface area contributed by atoms with Gasteiger partial charge in [-0.2, -0.15) is 9.78 Å². The van der Waals surface area contributed by atoms with Crippen molar-refractivity contribution in [1.82, 2.24) is 19.3 Å². The highest BCUT2D eigenvalue weighted by Gasteiger charge is 2.53. The van der Waals surface area contributed by atoms with Crippen LogP contribution in [-0.2, 0) is 23.5 Å². The van der Waals surface area contributed by atoms with Gasteiger partial charge >= 0.3 is 25.4 Å². The van der Waals surface area contributed by atoms with Crippen molar-refractivity contribution in [1.29, 1.82) is 0 Å². The Balaban J connectivity index is 1.88. The van der Waals surface area contributed by atoms with Crippen molar-refractivity contribution in [2.24, 2.45) is 0 Å². The second-order valence-electron chi connectivity index (χ2n) is 16.2. The lowest BCUT2D eigenvalue weighted by Gasteiger charge is -2.32. The summed E-state index contributed by atoms with van der Waals surface area (Å²) in [6, 6.07) is 3.16. The van der Waals surface area contributed by atoms with E-state index in [1.54, 1.807) is 82.2 Å². The normalized spacial score (nSPS) is 16.1. The number of rotatable bonds is 3. The Hall–Kier alpha value is -4.24. The highest BCUT2D eigenvalue weighted by molar-refractivity contribution is 6.62. The molecule has 4 heterocycles. The molecule has 0 aromatic carbocycles. The smallest absolute Gasteiger partial charge is 0.443 e. The van der Waals surface area contributed by atoms with E-state index in [0.717, 1.165) is 9.58 Å². The Morgan fingerprint density at radius 3 is 1.82 bits per heavy atom. The van der Waals surface area contributed by atoms with Gasteiger partial charge < -0.3 is 23.5 Å². The van der Waals surface area contributed by atoms with E-state index in [4.69, 9.17) is 23.5 Å². The minimum atomic E-state index is -1.000. The van der Waals surface area contributed by atoms with Crippen molar-refractivity contribution in [3.05, 3.63) is 35.3 Å². The molecule has 2 amide bonds. The quantitative estimate of drug-likeness (QED) is 0.226. The van der Waals surface area contributed by atoms with Gasteiger partial charge in [0.25, 0.3) is 5.91 Å². The van der Waals surface area contributed by atoms with Crippen molar-refractivity contribution < 1.29 is 42.7 Å². The zero-order valence-electron chi connectivity index (χ0n) is 31.2. The molecular weight excluding hydrogens is 633 g/mol. The van der Waals surface area contributed by atoms with Gasteiger partial charge in [-0.05, 0) is 116 Å². The Kier molecular flexibility index (Phi) is 9.41. The highest BCUT2D eigenvalue weighted by Crippen LogP contribution is 2.37. The predicted octanol–water partition coefficient (Wildman–Crippen LogP) is 6.30. The van der Waals surface area contributed by atoms with Gasteiger partial charge in [0.2, 0.25) is 0 Å². The summed E-state index contributed by atoms with van der Waals surface area (Å²) in [6.07, 6.45) is -1.23. The summed E-state index contributed by atoms with van der Waals surface area (Å²) in [5.74, 6) is -0.865. The maximum atomic E-state index is 14.2. The molecule has 266 valence electrons. The number of anilines is 1. The lowest BCUT2D eigenvalue weighted by atomic mass is 9.84. The van der Waals surface area contributed by atoms with Crippen molar-refractivity contribution in [3.63, 3.8) is 0 Å². The summed E-state index contributed by atoms with van der Waals surface area (Å²) in [6.45, 7) is 26.2.